The highest BCUT2D eigenvalue weighted by Gasteiger charge is 2.11. The molecule has 0 saturated carbocycles. The van der Waals surface area contributed by atoms with Gasteiger partial charge in [0.1, 0.15) is 5.75 Å². The van der Waals surface area contributed by atoms with Crippen LogP contribution in [0.1, 0.15) is 18.9 Å². The standard InChI is InChI=1S/C15H16N2O2/c1-3-9-17(10-4-2)15(18)12-19-14-7-5-13(11-16)6-8-14/h1,5-8H,4,9-10,12H2,2H3. The summed E-state index contributed by atoms with van der Waals surface area (Å²) in [4.78, 5) is 13.5. The van der Waals surface area contributed by atoms with Crippen LogP contribution in [-0.4, -0.2) is 30.5 Å². The summed E-state index contributed by atoms with van der Waals surface area (Å²) in [5.41, 5.74) is 0.554. The van der Waals surface area contributed by atoms with Gasteiger partial charge in [-0.15, -0.1) is 6.42 Å². The van der Waals surface area contributed by atoms with Crippen molar-refractivity contribution >= 4 is 5.91 Å². The van der Waals surface area contributed by atoms with Gasteiger partial charge in [0, 0.05) is 6.54 Å². The summed E-state index contributed by atoms with van der Waals surface area (Å²) in [6.07, 6.45) is 6.07. The molecule has 0 heterocycles. The van der Waals surface area contributed by atoms with Crippen LogP contribution < -0.4 is 4.74 Å². The van der Waals surface area contributed by atoms with Gasteiger partial charge in [0.15, 0.2) is 6.61 Å². The summed E-state index contributed by atoms with van der Waals surface area (Å²) in [6, 6.07) is 8.63. The van der Waals surface area contributed by atoms with E-state index in [4.69, 9.17) is 16.4 Å². The Morgan fingerprint density at radius 1 is 1.42 bits per heavy atom. The van der Waals surface area contributed by atoms with E-state index in [9.17, 15) is 4.79 Å². The molecule has 0 aromatic heterocycles. The number of hydrogen-bond donors (Lipinski definition) is 0. The molecule has 1 aromatic rings. The van der Waals surface area contributed by atoms with Gasteiger partial charge in [0.25, 0.3) is 5.91 Å². The van der Waals surface area contributed by atoms with Crippen LogP contribution in [0.5, 0.6) is 5.75 Å². The third kappa shape index (κ3) is 4.73. The van der Waals surface area contributed by atoms with Gasteiger partial charge >= 0.3 is 0 Å². The molecule has 1 amide bonds. The number of nitriles is 1. The molecule has 0 bridgehead atoms. The van der Waals surface area contributed by atoms with Crippen molar-refractivity contribution in [3.8, 4) is 24.2 Å². The quantitative estimate of drug-likeness (QED) is 0.729. The molecule has 0 fully saturated rings. The molecule has 0 spiro atoms. The van der Waals surface area contributed by atoms with Crippen LogP contribution in [0.2, 0.25) is 0 Å². The van der Waals surface area contributed by atoms with Crippen LogP contribution >= 0.6 is 0 Å². The number of hydrogen-bond acceptors (Lipinski definition) is 3. The lowest BCUT2D eigenvalue weighted by molar-refractivity contribution is -0.132. The van der Waals surface area contributed by atoms with Crippen LogP contribution in [0.3, 0.4) is 0 Å². The van der Waals surface area contributed by atoms with Crippen molar-refractivity contribution in [3.63, 3.8) is 0 Å². The normalized spacial score (nSPS) is 9.21. The molecular weight excluding hydrogens is 240 g/mol. The SMILES string of the molecule is C#CCN(CCC)C(=O)COc1ccc(C#N)cc1. The van der Waals surface area contributed by atoms with Gasteiger partial charge in [-0.1, -0.05) is 12.8 Å². The zero-order valence-electron chi connectivity index (χ0n) is 10.9. The molecule has 0 N–H and O–H groups in total. The predicted octanol–water partition coefficient (Wildman–Crippen LogP) is 1.81. The zero-order chi connectivity index (χ0) is 14.1. The van der Waals surface area contributed by atoms with Gasteiger partial charge in [0.05, 0.1) is 18.2 Å². The largest absolute Gasteiger partial charge is 0.484 e. The van der Waals surface area contributed by atoms with Crippen molar-refractivity contribution in [1.29, 1.82) is 5.26 Å². The third-order valence-corrected chi connectivity index (χ3v) is 2.47. The lowest BCUT2D eigenvalue weighted by Gasteiger charge is -2.19. The minimum absolute atomic E-state index is 0.0480. The molecular formula is C15H16N2O2. The average molecular weight is 256 g/mol. The van der Waals surface area contributed by atoms with Crippen LogP contribution in [-0.2, 0) is 4.79 Å². The predicted molar refractivity (Wildman–Crippen MR) is 72.4 cm³/mol. The first-order valence-corrected chi connectivity index (χ1v) is 6.05. The Bertz CT molecular complexity index is 494. The summed E-state index contributed by atoms with van der Waals surface area (Å²) >= 11 is 0. The lowest BCUT2D eigenvalue weighted by Crippen LogP contribution is -2.35. The summed E-state index contributed by atoms with van der Waals surface area (Å²) in [6.45, 7) is 2.86. The van der Waals surface area contributed by atoms with E-state index < -0.39 is 0 Å². The number of rotatable bonds is 6. The molecule has 1 rings (SSSR count). The highest BCUT2D eigenvalue weighted by Crippen LogP contribution is 2.11. The second-order valence-corrected chi connectivity index (χ2v) is 3.94. The van der Waals surface area contributed by atoms with E-state index in [2.05, 4.69) is 5.92 Å². The maximum atomic E-state index is 11.9. The van der Waals surface area contributed by atoms with Crippen LogP contribution in [0, 0.1) is 23.7 Å². The molecule has 98 valence electrons. The van der Waals surface area contributed by atoms with E-state index >= 15 is 0 Å². The highest BCUT2D eigenvalue weighted by atomic mass is 16.5. The Balaban J connectivity index is 2.52. The first kappa shape index (κ1) is 14.6. The highest BCUT2D eigenvalue weighted by molar-refractivity contribution is 5.78. The maximum absolute atomic E-state index is 11.9. The molecule has 19 heavy (non-hydrogen) atoms. The lowest BCUT2D eigenvalue weighted by atomic mass is 10.2. The summed E-state index contributed by atoms with van der Waals surface area (Å²) in [7, 11) is 0. The minimum atomic E-state index is -0.135. The molecule has 0 saturated heterocycles. The summed E-state index contributed by atoms with van der Waals surface area (Å²) in [5, 5.41) is 8.67. The number of nitrogens with zero attached hydrogens (tertiary/aromatic N) is 2. The van der Waals surface area contributed by atoms with E-state index in [1.165, 1.54) is 0 Å². The smallest absolute Gasteiger partial charge is 0.261 e. The second kappa shape index (κ2) is 7.79. The number of amides is 1. The molecule has 4 heteroatoms. The molecule has 0 atom stereocenters. The van der Waals surface area contributed by atoms with Crippen molar-refractivity contribution in [2.75, 3.05) is 19.7 Å². The van der Waals surface area contributed by atoms with Gasteiger partial charge in [-0.05, 0) is 30.7 Å². The van der Waals surface area contributed by atoms with Crippen molar-refractivity contribution < 1.29 is 9.53 Å². The molecule has 0 aliphatic carbocycles. The molecule has 0 radical (unpaired) electrons. The minimum Gasteiger partial charge on any atom is -0.484 e. The zero-order valence-corrected chi connectivity index (χ0v) is 10.9. The first-order chi connectivity index (χ1) is 9.21. The number of carbonyl (C=O) groups excluding carboxylic acids is 1. The third-order valence-electron chi connectivity index (χ3n) is 2.47. The van der Waals surface area contributed by atoms with E-state index in [0.717, 1.165) is 6.42 Å². The van der Waals surface area contributed by atoms with Crippen molar-refractivity contribution in [1.82, 2.24) is 4.90 Å². The molecule has 1 aromatic carbocycles. The van der Waals surface area contributed by atoms with Gasteiger partial charge in [-0.2, -0.15) is 5.26 Å². The first-order valence-electron chi connectivity index (χ1n) is 6.05. The summed E-state index contributed by atoms with van der Waals surface area (Å²) in [5.74, 6) is 2.88. The number of carbonyl (C=O) groups is 1. The Morgan fingerprint density at radius 2 is 2.11 bits per heavy atom. The Hall–Kier alpha value is -2.46. The van der Waals surface area contributed by atoms with E-state index in [1.807, 2.05) is 13.0 Å². The molecule has 0 unspecified atom stereocenters. The fourth-order valence-electron chi connectivity index (χ4n) is 1.53. The summed E-state index contributed by atoms with van der Waals surface area (Å²) < 4.78 is 5.37. The topological polar surface area (TPSA) is 53.3 Å². The average Bonchev–Trinajstić information content (AvgIpc) is 2.45. The monoisotopic (exact) mass is 256 g/mol. The molecule has 0 aliphatic rings. The van der Waals surface area contributed by atoms with E-state index in [1.54, 1.807) is 29.2 Å². The maximum Gasteiger partial charge on any atom is 0.261 e. The van der Waals surface area contributed by atoms with E-state index in [0.29, 0.717) is 24.4 Å². The molecule has 0 aliphatic heterocycles. The number of benzene rings is 1. The number of ether oxygens (including phenoxy) is 1. The van der Waals surface area contributed by atoms with Crippen molar-refractivity contribution in [3.05, 3.63) is 29.8 Å². The molecule has 4 nitrogen and oxygen atoms in total. The van der Waals surface area contributed by atoms with E-state index in [-0.39, 0.29) is 12.5 Å². The second-order valence-electron chi connectivity index (χ2n) is 3.94. The fraction of sp³-hybridized carbons (Fsp3) is 0.333. The Labute approximate surface area is 113 Å². The van der Waals surface area contributed by atoms with Crippen molar-refractivity contribution in [2.45, 2.75) is 13.3 Å². The number of terminal acetylenes is 1. The van der Waals surface area contributed by atoms with Crippen LogP contribution in [0.15, 0.2) is 24.3 Å². The Morgan fingerprint density at radius 3 is 2.63 bits per heavy atom. The fourth-order valence-corrected chi connectivity index (χ4v) is 1.53. The van der Waals surface area contributed by atoms with Gasteiger partial charge < -0.3 is 9.64 Å². The van der Waals surface area contributed by atoms with Gasteiger partial charge in [-0.3, -0.25) is 4.79 Å². The van der Waals surface area contributed by atoms with Gasteiger partial charge in [-0.25, -0.2) is 0 Å². The Kier molecular flexibility index (Phi) is 5.98. The van der Waals surface area contributed by atoms with Crippen LogP contribution in [0.4, 0.5) is 0 Å². The van der Waals surface area contributed by atoms with Gasteiger partial charge in [0.2, 0.25) is 0 Å². The van der Waals surface area contributed by atoms with Crippen LogP contribution in [0.25, 0.3) is 0 Å². The van der Waals surface area contributed by atoms with Crippen molar-refractivity contribution in [2.24, 2.45) is 0 Å².